The third-order valence-corrected chi connectivity index (χ3v) is 5.97. The molecule has 0 aliphatic heterocycles. The average molecular weight is 408 g/mol. The van der Waals surface area contributed by atoms with Crippen molar-refractivity contribution in [2.45, 2.75) is 77.7 Å². The molecule has 0 fully saturated rings. The van der Waals surface area contributed by atoms with E-state index in [-0.39, 0.29) is 12.2 Å². The largest absolute Gasteiger partial charge is 0.412 e. The summed E-state index contributed by atoms with van der Waals surface area (Å²) in [5, 5.41) is 1.30. The lowest BCUT2D eigenvalue weighted by atomic mass is 10.0. The van der Waals surface area contributed by atoms with Crippen molar-refractivity contribution in [3.63, 3.8) is 0 Å². The van der Waals surface area contributed by atoms with Gasteiger partial charge in [-0.1, -0.05) is 49.0 Å². The van der Waals surface area contributed by atoms with Gasteiger partial charge in [-0.3, -0.25) is 0 Å². The smallest absolute Gasteiger partial charge is 0.184 e. The minimum absolute atomic E-state index is 0.0296. The van der Waals surface area contributed by atoms with Crippen LogP contribution in [0.5, 0.6) is 0 Å². The zero-order valence-corrected chi connectivity index (χ0v) is 19.6. The van der Waals surface area contributed by atoms with Crippen LogP contribution in [0.3, 0.4) is 0 Å². The molecule has 0 unspecified atom stereocenters. The van der Waals surface area contributed by atoms with Crippen molar-refractivity contribution in [3.8, 4) is 0 Å². The summed E-state index contributed by atoms with van der Waals surface area (Å²) >= 11 is 12.6. The molecule has 0 aliphatic rings. The molecule has 24 heavy (non-hydrogen) atoms. The van der Waals surface area contributed by atoms with Crippen LogP contribution in [0, 0.1) is 0 Å². The molecule has 1 aromatic rings. The summed E-state index contributed by atoms with van der Waals surface area (Å²) in [6.07, 6.45) is 3.13. The third kappa shape index (κ3) is 8.02. The second kappa shape index (κ2) is 9.20. The molecule has 2 nitrogen and oxygen atoms in total. The van der Waals surface area contributed by atoms with E-state index in [1.54, 1.807) is 6.07 Å². The molecule has 138 valence electrons. The highest BCUT2D eigenvalue weighted by atomic mass is 35.5. The van der Waals surface area contributed by atoms with E-state index in [9.17, 15) is 0 Å². The first-order valence-electron chi connectivity index (χ1n) is 8.73. The number of unbranched alkanes of at least 4 members (excludes halogenated alkanes) is 1. The predicted octanol–water partition coefficient (Wildman–Crippen LogP) is 7.30. The molecule has 0 saturated carbocycles. The number of benzene rings is 1. The Hall–Kier alpha value is 0.154. The van der Waals surface area contributed by atoms with E-state index in [1.807, 2.05) is 12.1 Å². The van der Waals surface area contributed by atoms with Gasteiger partial charge in [-0.05, 0) is 57.8 Å². The lowest BCUT2D eigenvalue weighted by molar-refractivity contribution is 0.0362. The van der Waals surface area contributed by atoms with E-state index in [4.69, 9.17) is 32.1 Å². The fraction of sp³-hybridized carbons (Fsp3) is 0.667. The molecule has 0 saturated heterocycles. The standard InChI is InChI=1S/C18H32Cl2O2Si2/c1-8-9-10-17(21-23(2,3)4)18(22-24(5,6)7)15-12-11-14(19)13-16(15)20/h11-13,17-18H,8-10H2,1-7H3/t17-,18-/m0/s1. The van der Waals surface area contributed by atoms with E-state index in [1.165, 1.54) is 0 Å². The molecular formula is C18H32Cl2O2Si2. The van der Waals surface area contributed by atoms with Crippen LogP contribution < -0.4 is 0 Å². The highest BCUT2D eigenvalue weighted by Gasteiger charge is 2.34. The van der Waals surface area contributed by atoms with Gasteiger partial charge in [0.1, 0.15) is 0 Å². The van der Waals surface area contributed by atoms with Crippen LogP contribution in [0.1, 0.15) is 37.9 Å². The van der Waals surface area contributed by atoms with Crippen molar-refractivity contribution >= 4 is 39.8 Å². The summed E-state index contributed by atoms with van der Waals surface area (Å²) in [6.45, 7) is 15.5. The summed E-state index contributed by atoms with van der Waals surface area (Å²) in [6, 6.07) is 5.67. The maximum atomic E-state index is 6.56. The SMILES string of the molecule is CCCC[C@H](O[Si](C)(C)C)[C@@H](O[Si](C)(C)C)c1ccc(Cl)cc1Cl. The molecule has 1 aromatic carbocycles. The van der Waals surface area contributed by atoms with Gasteiger partial charge < -0.3 is 8.85 Å². The first-order chi connectivity index (χ1) is 10.9. The van der Waals surface area contributed by atoms with E-state index < -0.39 is 16.6 Å². The van der Waals surface area contributed by atoms with Crippen LogP contribution in [-0.4, -0.2) is 22.7 Å². The van der Waals surface area contributed by atoms with Gasteiger partial charge in [-0.25, -0.2) is 0 Å². The van der Waals surface area contributed by atoms with Crippen molar-refractivity contribution in [2.24, 2.45) is 0 Å². The molecule has 1 rings (SSSR count). The highest BCUT2D eigenvalue weighted by molar-refractivity contribution is 6.70. The summed E-state index contributed by atoms with van der Waals surface area (Å²) in [7, 11) is -3.48. The average Bonchev–Trinajstić information content (AvgIpc) is 2.39. The van der Waals surface area contributed by atoms with Gasteiger partial charge in [-0.2, -0.15) is 0 Å². The van der Waals surface area contributed by atoms with Crippen LogP contribution in [0.15, 0.2) is 18.2 Å². The Morgan fingerprint density at radius 2 is 1.54 bits per heavy atom. The molecule has 0 N–H and O–H groups in total. The zero-order valence-electron chi connectivity index (χ0n) is 16.1. The Morgan fingerprint density at radius 1 is 0.958 bits per heavy atom. The fourth-order valence-corrected chi connectivity index (χ4v) is 5.29. The molecule has 0 bridgehead atoms. The summed E-state index contributed by atoms with van der Waals surface area (Å²) < 4.78 is 13.1. The maximum absolute atomic E-state index is 6.56. The van der Waals surface area contributed by atoms with E-state index in [2.05, 4.69) is 46.2 Å². The minimum atomic E-state index is -1.77. The summed E-state index contributed by atoms with van der Waals surface area (Å²) in [5.74, 6) is 0. The Bertz CT molecular complexity index is 525. The molecule has 0 heterocycles. The van der Waals surface area contributed by atoms with Crippen LogP contribution in [0.2, 0.25) is 49.3 Å². The fourth-order valence-electron chi connectivity index (χ4n) is 2.58. The van der Waals surface area contributed by atoms with Gasteiger partial charge in [0.05, 0.1) is 12.2 Å². The Morgan fingerprint density at radius 3 is 2.00 bits per heavy atom. The predicted molar refractivity (Wildman–Crippen MR) is 111 cm³/mol. The molecule has 0 aromatic heterocycles. The first-order valence-corrected chi connectivity index (χ1v) is 16.3. The van der Waals surface area contributed by atoms with Crippen molar-refractivity contribution in [3.05, 3.63) is 33.8 Å². The normalized spacial score (nSPS) is 15.4. The van der Waals surface area contributed by atoms with Crippen LogP contribution in [-0.2, 0) is 8.85 Å². The van der Waals surface area contributed by atoms with Gasteiger partial charge >= 0.3 is 0 Å². The summed E-state index contributed by atoms with van der Waals surface area (Å²) in [5.41, 5.74) is 0.989. The molecule has 0 radical (unpaired) electrons. The minimum Gasteiger partial charge on any atom is -0.412 e. The van der Waals surface area contributed by atoms with Gasteiger partial charge in [-0.15, -0.1) is 0 Å². The van der Waals surface area contributed by atoms with E-state index >= 15 is 0 Å². The Balaban J connectivity index is 3.25. The van der Waals surface area contributed by atoms with Crippen molar-refractivity contribution in [1.82, 2.24) is 0 Å². The van der Waals surface area contributed by atoms with Crippen molar-refractivity contribution in [2.75, 3.05) is 0 Å². The Labute approximate surface area is 160 Å². The first kappa shape index (κ1) is 22.2. The number of hydrogen-bond acceptors (Lipinski definition) is 2. The van der Waals surface area contributed by atoms with Crippen LogP contribution in [0.4, 0.5) is 0 Å². The maximum Gasteiger partial charge on any atom is 0.184 e. The van der Waals surface area contributed by atoms with Gasteiger partial charge in [0, 0.05) is 15.6 Å². The third-order valence-electron chi connectivity index (χ3n) is 3.43. The lowest BCUT2D eigenvalue weighted by Crippen LogP contribution is -2.40. The number of hydrogen-bond donors (Lipinski definition) is 0. The molecule has 2 atom stereocenters. The number of rotatable bonds is 9. The zero-order chi connectivity index (χ0) is 18.5. The van der Waals surface area contributed by atoms with Crippen LogP contribution >= 0.6 is 23.2 Å². The van der Waals surface area contributed by atoms with E-state index in [0.717, 1.165) is 24.8 Å². The number of halogens is 2. The highest BCUT2D eigenvalue weighted by Crippen LogP contribution is 2.36. The van der Waals surface area contributed by atoms with Gasteiger partial charge in [0.25, 0.3) is 0 Å². The van der Waals surface area contributed by atoms with Gasteiger partial charge in [0.2, 0.25) is 0 Å². The Kier molecular flexibility index (Phi) is 8.50. The lowest BCUT2D eigenvalue weighted by Gasteiger charge is -2.37. The molecule has 0 spiro atoms. The molecular weight excluding hydrogens is 375 g/mol. The second-order valence-electron chi connectivity index (χ2n) is 8.23. The van der Waals surface area contributed by atoms with Crippen molar-refractivity contribution < 1.29 is 8.85 Å². The van der Waals surface area contributed by atoms with Gasteiger partial charge in [0.15, 0.2) is 16.6 Å². The quantitative estimate of drug-likeness (QED) is 0.400. The van der Waals surface area contributed by atoms with Crippen molar-refractivity contribution in [1.29, 1.82) is 0 Å². The summed E-state index contributed by atoms with van der Waals surface area (Å²) in [4.78, 5) is 0. The van der Waals surface area contributed by atoms with E-state index in [0.29, 0.717) is 10.0 Å². The molecule has 0 amide bonds. The second-order valence-corrected chi connectivity index (χ2v) is 18.0. The molecule has 0 aliphatic carbocycles. The van der Waals surface area contributed by atoms with Crippen LogP contribution in [0.25, 0.3) is 0 Å². The topological polar surface area (TPSA) is 18.5 Å². The molecule has 6 heteroatoms. The monoisotopic (exact) mass is 406 g/mol.